The maximum absolute atomic E-state index is 11.5. The standard InChI is InChI=1S/C10H16O2/c11-9-6-5-7-3-1-2-4-8(7)10(9)12/h7-9,11H,1-6H2. The molecule has 2 rings (SSSR count). The summed E-state index contributed by atoms with van der Waals surface area (Å²) in [5.41, 5.74) is 0. The molecule has 68 valence electrons. The summed E-state index contributed by atoms with van der Waals surface area (Å²) in [5.74, 6) is 0.947. The number of aliphatic hydroxyl groups is 1. The second-order valence-electron chi connectivity index (χ2n) is 4.15. The van der Waals surface area contributed by atoms with Gasteiger partial charge in [0.1, 0.15) is 6.10 Å². The highest BCUT2D eigenvalue weighted by molar-refractivity contribution is 5.86. The van der Waals surface area contributed by atoms with Crippen molar-refractivity contribution < 1.29 is 9.90 Å². The maximum atomic E-state index is 11.5. The van der Waals surface area contributed by atoms with Crippen LogP contribution in [0.15, 0.2) is 0 Å². The fourth-order valence-electron chi connectivity index (χ4n) is 2.69. The van der Waals surface area contributed by atoms with Crippen LogP contribution in [-0.2, 0) is 4.79 Å². The van der Waals surface area contributed by atoms with E-state index in [2.05, 4.69) is 0 Å². The fourth-order valence-corrected chi connectivity index (χ4v) is 2.69. The number of hydrogen-bond donors (Lipinski definition) is 1. The molecule has 0 spiro atoms. The number of fused-ring (bicyclic) bond motifs is 1. The molecule has 1 N–H and O–H groups in total. The minimum atomic E-state index is -0.635. The number of carbonyl (C=O) groups is 1. The molecule has 0 aliphatic heterocycles. The normalized spacial score (nSPS) is 42.4. The molecule has 2 heteroatoms. The van der Waals surface area contributed by atoms with Crippen LogP contribution in [0.3, 0.4) is 0 Å². The zero-order valence-electron chi connectivity index (χ0n) is 7.33. The molecule has 2 fully saturated rings. The van der Waals surface area contributed by atoms with Gasteiger partial charge < -0.3 is 5.11 Å². The Morgan fingerprint density at radius 2 is 1.83 bits per heavy atom. The zero-order valence-corrected chi connectivity index (χ0v) is 7.33. The van der Waals surface area contributed by atoms with Crippen LogP contribution in [-0.4, -0.2) is 17.0 Å². The van der Waals surface area contributed by atoms with Gasteiger partial charge in [-0.1, -0.05) is 12.8 Å². The molecule has 2 aliphatic carbocycles. The predicted octanol–water partition coefficient (Wildman–Crippen LogP) is 1.52. The highest BCUT2D eigenvalue weighted by Gasteiger charge is 2.37. The molecule has 0 aromatic heterocycles. The van der Waals surface area contributed by atoms with Crippen LogP contribution in [0.5, 0.6) is 0 Å². The third kappa shape index (κ3) is 1.28. The Bertz CT molecular complexity index is 188. The van der Waals surface area contributed by atoms with Crippen molar-refractivity contribution in [3.63, 3.8) is 0 Å². The summed E-state index contributed by atoms with van der Waals surface area (Å²) in [6.07, 6.45) is 5.84. The highest BCUT2D eigenvalue weighted by atomic mass is 16.3. The summed E-state index contributed by atoms with van der Waals surface area (Å²) in [4.78, 5) is 11.5. The van der Waals surface area contributed by atoms with Crippen LogP contribution in [0.4, 0.5) is 0 Å². The van der Waals surface area contributed by atoms with E-state index in [0.717, 1.165) is 12.8 Å². The molecule has 0 heterocycles. The van der Waals surface area contributed by atoms with Gasteiger partial charge in [-0.15, -0.1) is 0 Å². The third-order valence-electron chi connectivity index (χ3n) is 3.41. The Labute approximate surface area is 73.0 Å². The first-order valence-electron chi connectivity index (χ1n) is 5.01. The lowest BCUT2D eigenvalue weighted by Crippen LogP contribution is -2.39. The van der Waals surface area contributed by atoms with Gasteiger partial charge in [-0.3, -0.25) is 4.79 Å². The molecule has 2 aliphatic rings. The summed E-state index contributed by atoms with van der Waals surface area (Å²) >= 11 is 0. The van der Waals surface area contributed by atoms with Gasteiger partial charge in [0.15, 0.2) is 5.78 Å². The molecule has 0 aromatic carbocycles. The first kappa shape index (κ1) is 8.24. The molecule has 2 nitrogen and oxygen atoms in total. The lowest BCUT2D eigenvalue weighted by molar-refractivity contribution is -0.138. The van der Waals surface area contributed by atoms with Gasteiger partial charge in [0.25, 0.3) is 0 Å². The Morgan fingerprint density at radius 3 is 2.67 bits per heavy atom. The van der Waals surface area contributed by atoms with Crippen molar-refractivity contribution in [2.75, 3.05) is 0 Å². The largest absolute Gasteiger partial charge is 0.385 e. The second-order valence-corrected chi connectivity index (χ2v) is 4.15. The molecule has 2 saturated carbocycles. The van der Waals surface area contributed by atoms with Crippen LogP contribution >= 0.6 is 0 Å². The van der Waals surface area contributed by atoms with Crippen LogP contribution in [0.1, 0.15) is 38.5 Å². The van der Waals surface area contributed by atoms with Crippen molar-refractivity contribution >= 4 is 5.78 Å². The van der Waals surface area contributed by atoms with Crippen molar-refractivity contribution in [1.82, 2.24) is 0 Å². The van der Waals surface area contributed by atoms with Gasteiger partial charge in [0, 0.05) is 5.92 Å². The quantitative estimate of drug-likeness (QED) is 0.595. The Hall–Kier alpha value is -0.370. The number of ketones is 1. The molecule has 0 saturated heterocycles. The van der Waals surface area contributed by atoms with Crippen molar-refractivity contribution in [2.45, 2.75) is 44.6 Å². The van der Waals surface area contributed by atoms with Gasteiger partial charge in [-0.2, -0.15) is 0 Å². The van der Waals surface area contributed by atoms with E-state index in [1.54, 1.807) is 0 Å². The Morgan fingerprint density at radius 1 is 1.08 bits per heavy atom. The lowest BCUT2D eigenvalue weighted by Gasteiger charge is -2.36. The molecular formula is C10H16O2. The highest BCUT2D eigenvalue weighted by Crippen LogP contribution is 2.38. The average molecular weight is 168 g/mol. The minimum absolute atomic E-state index is 0.131. The number of rotatable bonds is 0. The SMILES string of the molecule is O=C1C(O)CCC2CCCCC12. The minimum Gasteiger partial charge on any atom is -0.385 e. The van der Waals surface area contributed by atoms with E-state index < -0.39 is 6.10 Å². The van der Waals surface area contributed by atoms with Gasteiger partial charge >= 0.3 is 0 Å². The third-order valence-corrected chi connectivity index (χ3v) is 3.41. The first-order valence-corrected chi connectivity index (χ1v) is 5.01. The smallest absolute Gasteiger partial charge is 0.164 e. The van der Waals surface area contributed by atoms with Crippen LogP contribution in [0, 0.1) is 11.8 Å². The van der Waals surface area contributed by atoms with Gasteiger partial charge in [-0.05, 0) is 31.6 Å². The fraction of sp³-hybridized carbons (Fsp3) is 0.900. The van der Waals surface area contributed by atoms with Crippen LogP contribution in [0.25, 0.3) is 0 Å². The van der Waals surface area contributed by atoms with Crippen molar-refractivity contribution in [1.29, 1.82) is 0 Å². The van der Waals surface area contributed by atoms with Crippen LogP contribution in [0.2, 0.25) is 0 Å². The molecule has 12 heavy (non-hydrogen) atoms. The summed E-state index contributed by atoms with van der Waals surface area (Å²) in [5, 5.41) is 9.37. The van der Waals surface area contributed by atoms with Crippen molar-refractivity contribution in [2.24, 2.45) is 11.8 Å². The summed E-state index contributed by atoms with van der Waals surface area (Å²) in [7, 11) is 0. The lowest BCUT2D eigenvalue weighted by atomic mass is 9.69. The van der Waals surface area contributed by atoms with Gasteiger partial charge in [-0.25, -0.2) is 0 Å². The number of hydrogen-bond acceptors (Lipinski definition) is 2. The molecular weight excluding hydrogens is 152 g/mol. The summed E-state index contributed by atoms with van der Waals surface area (Å²) < 4.78 is 0. The van der Waals surface area contributed by atoms with E-state index >= 15 is 0 Å². The maximum Gasteiger partial charge on any atom is 0.164 e. The topological polar surface area (TPSA) is 37.3 Å². The van der Waals surface area contributed by atoms with Gasteiger partial charge in [0.2, 0.25) is 0 Å². The average Bonchev–Trinajstić information content (AvgIpc) is 2.12. The van der Waals surface area contributed by atoms with E-state index in [1.807, 2.05) is 0 Å². The predicted molar refractivity (Wildman–Crippen MR) is 45.7 cm³/mol. The van der Waals surface area contributed by atoms with Crippen molar-refractivity contribution in [3.8, 4) is 0 Å². The zero-order chi connectivity index (χ0) is 8.55. The second kappa shape index (κ2) is 3.17. The summed E-state index contributed by atoms with van der Waals surface area (Å²) in [6, 6.07) is 0. The van der Waals surface area contributed by atoms with E-state index in [9.17, 15) is 9.90 Å². The number of Topliss-reactive ketones (excluding diaryl/α,β-unsaturated/α-hetero) is 1. The van der Waals surface area contributed by atoms with E-state index in [1.165, 1.54) is 19.3 Å². The molecule has 0 aromatic rings. The monoisotopic (exact) mass is 168 g/mol. The van der Waals surface area contributed by atoms with Gasteiger partial charge in [0.05, 0.1) is 0 Å². The molecule has 3 atom stereocenters. The van der Waals surface area contributed by atoms with Crippen molar-refractivity contribution in [3.05, 3.63) is 0 Å². The number of carbonyl (C=O) groups excluding carboxylic acids is 1. The molecule has 0 amide bonds. The first-order chi connectivity index (χ1) is 5.79. The Kier molecular flexibility index (Phi) is 2.18. The number of aliphatic hydroxyl groups excluding tert-OH is 1. The molecule has 3 unspecified atom stereocenters. The van der Waals surface area contributed by atoms with E-state index in [4.69, 9.17) is 0 Å². The van der Waals surface area contributed by atoms with E-state index in [-0.39, 0.29) is 11.7 Å². The van der Waals surface area contributed by atoms with E-state index in [0.29, 0.717) is 12.3 Å². The Balaban J connectivity index is 2.08. The van der Waals surface area contributed by atoms with Crippen LogP contribution < -0.4 is 0 Å². The molecule has 0 bridgehead atoms. The molecule has 0 radical (unpaired) electrons. The summed E-state index contributed by atoms with van der Waals surface area (Å²) in [6.45, 7) is 0.